The van der Waals surface area contributed by atoms with Crippen molar-refractivity contribution in [3.05, 3.63) is 16.1 Å². The quantitative estimate of drug-likeness (QED) is 0.905. The van der Waals surface area contributed by atoms with E-state index in [2.05, 4.69) is 11.9 Å². The van der Waals surface area contributed by atoms with E-state index in [4.69, 9.17) is 5.73 Å². The number of hydrogen-bond acceptors (Lipinski definition) is 4. The Kier molecular flexibility index (Phi) is 9.45. The van der Waals surface area contributed by atoms with Gasteiger partial charge in [-0.05, 0) is 32.6 Å². The van der Waals surface area contributed by atoms with Crippen molar-refractivity contribution in [1.29, 1.82) is 0 Å². The molecule has 0 radical (unpaired) electrons. The van der Waals surface area contributed by atoms with Gasteiger partial charge in [-0.2, -0.15) is 0 Å². The number of hydrogen-bond donors (Lipinski definition) is 1. The topological polar surface area (TPSA) is 59.2 Å². The molecular formula is C14H25Cl2N3OS. The maximum atomic E-state index is 12.4. The second-order valence-electron chi connectivity index (χ2n) is 5.27. The standard InChI is InChI=1S/C14H23N3OS.2ClH/c1-3-13-16-11(9-19-13)8-14(18)17-7-5-4-6-12(17)10(2)15;;/h9-10,12H,3-8,15H2,1-2H3;2*1H. The number of carbonyl (C=O) groups is 1. The zero-order valence-electron chi connectivity index (χ0n) is 12.6. The number of amides is 1. The van der Waals surface area contributed by atoms with Gasteiger partial charge in [-0.15, -0.1) is 36.2 Å². The molecular weight excluding hydrogens is 329 g/mol. The molecule has 0 bridgehead atoms. The molecule has 1 fully saturated rings. The van der Waals surface area contributed by atoms with Crippen LogP contribution in [0.5, 0.6) is 0 Å². The predicted octanol–water partition coefficient (Wildman–Crippen LogP) is 2.82. The number of aromatic nitrogens is 1. The Bertz CT molecular complexity index is 440. The van der Waals surface area contributed by atoms with Crippen molar-refractivity contribution in [2.45, 2.75) is 58.0 Å². The minimum atomic E-state index is 0. The first kappa shape index (κ1) is 20.6. The van der Waals surface area contributed by atoms with Gasteiger partial charge >= 0.3 is 0 Å². The summed E-state index contributed by atoms with van der Waals surface area (Å²) in [4.78, 5) is 18.9. The van der Waals surface area contributed by atoms with Gasteiger partial charge in [0.15, 0.2) is 0 Å². The number of piperidine rings is 1. The van der Waals surface area contributed by atoms with Gasteiger partial charge < -0.3 is 10.6 Å². The molecule has 1 aliphatic heterocycles. The van der Waals surface area contributed by atoms with E-state index in [0.29, 0.717) is 6.42 Å². The smallest absolute Gasteiger partial charge is 0.228 e. The number of rotatable bonds is 4. The van der Waals surface area contributed by atoms with Crippen LogP contribution >= 0.6 is 36.2 Å². The summed E-state index contributed by atoms with van der Waals surface area (Å²) in [6.07, 6.45) is 4.64. The van der Waals surface area contributed by atoms with Crippen molar-refractivity contribution in [2.24, 2.45) is 5.73 Å². The Morgan fingerprint density at radius 2 is 2.24 bits per heavy atom. The molecule has 1 amide bonds. The van der Waals surface area contributed by atoms with Gasteiger partial charge in [0, 0.05) is 24.0 Å². The molecule has 2 unspecified atom stereocenters. The largest absolute Gasteiger partial charge is 0.338 e. The average Bonchev–Trinajstić information content (AvgIpc) is 2.86. The van der Waals surface area contributed by atoms with Crippen LogP contribution in [0.1, 0.15) is 43.8 Å². The maximum Gasteiger partial charge on any atom is 0.228 e. The highest BCUT2D eigenvalue weighted by molar-refractivity contribution is 7.09. The number of thiazole rings is 1. The number of carbonyl (C=O) groups excluding carboxylic acids is 1. The molecule has 2 N–H and O–H groups in total. The first-order valence-electron chi connectivity index (χ1n) is 7.10. The van der Waals surface area contributed by atoms with Gasteiger partial charge in [0.1, 0.15) is 0 Å². The third-order valence-corrected chi connectivity index (χ3v) is 4.75. The van der Waals surface area contributed by atoms with Crippen molar-refractivity contribution in [1.82, 2.24) is 9.88 Å². The first-order chi connectivity index (χ1) is 9.11. The van der Waals surface area contributed by atoms with E-state index in [1.54, 1.807) is 11.3 Å². The summed E-state index contributed by atoms with van der Waals surface area (Å²) >= 11 is 1.64. The fourth-order valence-electron chi connectivity index (χ4n) is 2.66. The van der Waals surface area contributed by atoms with Gasteiger partial charge in [-0.1, -0.05) is 6.92 Å². The van der Waals surface area contributed by atoms with Crippen LogP contribution in [-0.4, -0.2) is 34.4 Å². The molecule has 0 saturated carbocycles. The van der Waals surface area contributed by atoms with Gasteiger partial charge in [-0.3, -0.25) is 4.79 Å². The zero-order chi connectivity index (χ0) is 13.8. The monoisotopic (exact) mass is 353 g/mol. The molecule has 0 spiro atoms. The summed E-state index contributed by atoms with van der Waals surface area (Å²) in [6, 6.07) is 0.247. The Morgan fingerprint density at radius 3 is 2.81 bits per heavy atom. The molecule has 1 aliphatic rings. The molecule has 21 heavy (non-hydrogen) atoms. The zero-order valence-corrected chi connectivity index (χ0v) is 15.0. The van der Waals surface area contributed by atoms with Crippen LogP contribution in [0, 0.1) is 0 Å². The fourth-order valence-corrected chi connectivity index (χ4v) is 3.41. The summed E-state index contributed by atoms with van der Waals surface area (Å²) in [5.74, 6) is 0.176. The van der Waals surface area contributed by atoms with E-state index in [-0.39, 0.29) is 42.8 Å². The predicted molar refractivity (Wildman–Crippen MR) is 92.7 cm³/mol. The highest BCUT2D eigenvalue weighted by Gasteiger charge is 2.29. The van der Waals surface area contributed by atoms with Crippen LogP contribution < -0.4 is 5.73 Å². The molecule has 2 atom stereocenters. The lowest BCUT2D eigenvalue weighted by atomic mass is 9.96. The molecule has 122 valence electrons. The van der Waals surface area contributed by atoms with Crippen LogP contribution in [0.4, 0.5) is 0 Å². The summed E-state index contributed by atoms with van der Waals surface area (Å²) in [6.45, 7) is 4.92. The van der Waals surface area contributed by atoms with Gasteiger partial charge in [0.25, 0.3) is 0 Å². The lowest BCUT2D eigenvalue weighted by Crippen LogP contribution is -2.52. The summed E-state index contributed by atoms with van der Waals surface area (Å²) in [5, 5.41) is 3.10. The summed E-state index contributed by atoms with van der Waals surface area (Å²) in [5.41, 5.74) is 6.91. The van der Waals surface area contributed by atoms with Crippen molar-refractivity contribution in [3.63, 3.8) is 0 Å². The third kappa shape index (κ3) is 5.40. The van der Waals surface area contributed by atoms with Crippen molar-refractivity contribution in [3.8, 4) is 0 Å². The summed E-state index contributed by atoms with van der Waals surface area (Å²) < 4.78 is 0. The fraction of sp³-hybridized carbons (Fsp3) is 0.714. The van der Waals surface area contributed by atoms with Crippen LogP contribution in [0.3, 0.4) is 0 Å². The van der Waals surface area contributed by atoms with E-state index in [1.807, 2.05) is 17.2 Å². The molecule has 1 aromatic rings. The summed E-state index contributed by atoms with van der Waals surface area (Å²) in [7, 11) is 0. The number of likely N-dealkylation sites (tertiary alicyclic amines) is 1. The molecule has 0 aliphatic carbocycles. The van der Waals surface area contributed by atoms with Crippen LogP contribution in [-0.2, 0) is 17.6 Å². The average molecular weight is 354 g/mol. The Balaban J connectivity index is 0.00000200. The molecule has 1 saturated heterocycles. The Hall–Kier alpha value is -0.360. The molecule has 0 aromatic carbocycles. The molecule has 7 heteroatoms. The SMILES string of the molecule is CCc1nc(CC(=O)N2CCCCC2C(C)N)cs1.Cl.Cl. The normalized spacial score (nSPS) is 19.4. The first-order valence-corrected chi connectivity index (χ1v) is 7.98. The van der Waals surface area contributed by atoms with Gasteiger partial charge in [0.2, 0.25) is 5.91 Å². The number of aryl methyl sites for hydroxylation is 1. The van der Waals surface area contributed by atoms with Crippen molar-refractivity contribution < 1.29 is 4.79 Å². The second-order valence-corrected chi connectivity index (χ2v) is 6.21. The van der Waals surface area contributed by atoms with Crippen LogP contribution in [0.25, 0.3) is 0 Å². The van der Waals surface area contributed by atoms with Gasteiger partial charge in [0.05, 0.1) is 17.1 Å². The molecule has 2 rings (SSSR count). The third-order valence-electron chi connectivity index (χ3n) is 3.71. The van der Waals surface area contributed by atoms with E-state index in [0.717, 1.165) is 36.5 Å². The number of nitrogens with two attached hydrogens (primary N) is 1. The highest BCUT2D eigenvalue weighted by Crippen LogP contribution is 2.20. The van der Waals surface area contributed by atoms with Crippen molar-refractivity contribution in [2.75, 3.05) is 6.54 Å². The lowest BCUT2D eigenvalue weighted by molar-refractivity contribution is -0.134. The Labute approximate surface area is 143 Å². The van der Waals surface area contributed by atoms with Crippen LogP contribution in [0.2, 0.25) is 0 Å². The number of halogens is 2. The second kappa shape index (κ2) is 9.62. The molecule has 1 aromatic heterocycles. The Morgan fingerprint density at radius 1 is 1.52 bits per heavy atom. The lowest BCUT2D eigenvalue weighted by Gasteiger charge is -2.38. The van der Waals surface area contributed by atoms with Crippen molar-refractivity contribution >= 4 is 42.1 Å². The van der Waals surface area contributed by atoms with Crippen LogP contribution in [0.15, 0.2) is 5.38 Å². The molecule has 4 nitrogen and oxygen atoms in total. The van der Waals surface area contributed by atoms with E-state index in [1.165, 1.54) is 6.42 Å². The van der Waals surface area contributed by atoms with E-state index < -0.39 is 0 Å². The van der Waals surface area contributed by atoms with Gasteiger partial charge in [-0.25, -0.2) is 4.98 Å². The molecule has 2 heterocycles. The number of nitrogens with zero attached hydrogens (tertiary/aromatic N) is 2. The highest BCUT2D eigenvalue weighted by atomic mass is 35.5. The van der Waals surface area contributed by atoms with E-state index >= 15 is 0 Å². The maximum absolute atomic E-state index is 12.4. The minimum Gasteiger partial charge on any atom is -0.338 e. The van der Waals surface area contributed by atoms with E-state index in [9.17, 15) is 4.79 Å². The minimum absolute atomic E-state index is 0.